The van der Waals surface area contributed by atoms with Crippen LogP contribution in [0.4, 0.5) is 4.79 Å². The third-order valence-electron chi connectivity index (χ3n) is 2.50. The Morgan fingerprint density at radius 2 is 2.22 bits per heavy atom. The largest absolute Gasteiger partial charge is 0.479 e. The maximum absolute atomic E-state index is 11.9. The van der Waals surface area contributed by atoms with Gasteiger partial charge in [-0.25, -0.2) is 9.59 Å². The number of amides is 2. The van der Waals surface area contributed by atoms with Crippen molar-refractivity contribution in [1.29, 1.82) is 0 Å². The topological polar surface area (TPSA) is 69.6 Å². The van der Waals surface area contributed by atoms with E-state index in [2.05, 4.69) is 5.32 Å². The minimum atomic E-state index is -1.04. The Balaban J connectivity index is 2.72. The molecule has 2 N–H and O–H groups in total. The molecule has 1 heterocycles. The van der Waals surface area contributed by atoms with Gasteiger partial charge in [-0.2, -0.15) is 0 Å². The summed E-state index contributed by atoms with van der Waals surface area (Å²) in [7, 11) is 0. The molecule has 0 aliphatic rings. The lowest BCUT2D eigenvalue weighted by Crippen LogP contribution is -2.43. The zero-order chi connectivity index (χ0) is 13.5. The molecule has 1 rings (SSSR count). The summed E-state index contributed by atoms with van der Waals surface area (Å²) < 4.78 is 0. The van der Waals surface area contributed by atoms with Crippen molar-refractivity contribution in [2.45, 2.75) is 26.3 Å². The number of carboxylic acid groups (broad SMARTS) is 1. The molecule has 2 amide bonds. The molecule has 0 aliphatic heterocycles. The lowest BCUT2D eigenvalue weighted by Gasteiger charge is -2.23. The van der Waals surface area contributed by atoms with Crippen molar-refractivity contribution < 1.29 is 14.7 Å². The van der Waals surface area contributed by atoms with E-state index in [4.69, 9.17) is 5.11 Å². The summed E-state index contributed by atoms with van der Waals surface area (Å²) in [5.74, 6) is -1.04. The van der Waals surface area contributed by atoms with Crippen LogP contribution in [-0.2, 0) is 4.79 Å². The third-order valence-corrected chi connectivity index (χ3v) is 3.44. The van der Waals surface area contributed by atoms with E-state index >= 15 is 0 Å². The molecule has 1 unspecified atom stereocenters. The van der Waals surface area contributed by atoms with Gasteiger partial charge in [0.15, 0.2) is 6.04 Å². The summed E-state index contributed by atoms with van der Waals surface area (Å²) in [6.07, 6.45) is 0.845. The van der Waals surface area contributed by atoms with Gasteiger partial charge in [-0.05, 0) is 24.8 Å². The molecule has 1 aromatic rings. The highest BCUT2D eigenvalue weighted by Crippen LogP contribution is 2.19. The summed E-state index contributed by atoms with van der Waals surface area (Å²) in [6, 6.07) is 2.18. The Labute approximate surface area is 110 Å². The minimum absolute atomic E-state index is 0.333. The van der Waals surface area contributed by atoms with Crippen molar-refractivity contribution >= 4 is 23.3 Å². The van der Waals surface area contributed by atoms with Crippen molar-refractivity contribution in [3.63, 3.8) is 0 Å². The van der Waals surface area contributed by atoms with E-state index in [-0.39, 0.29) is 6.03 Å². The molecule has 0 aliphatic carbocycles. The normalized spacial score (nSPS) is 11.9. The maximum Gasteiger partial charge on any atom is 0.331 e. The van der Waals surface area contributed by atoms with Crippen LogP contribution in [0.5, 0.6) is 0 Å². The number of urea groups is 1. The number of rotatable bonds is 6. The fourth-order valence-electron chi connectivity index (χ4n) is 1.60. The van der Waals surface area contributed by atoms with Crippen LogP contribution in [0.1, 0.15) is 31.2 Å². The summed E-state index contributed by atoms with van der Waals surface area (Å²) >= 11 is 1.32. The summed E-state index contributed by atoms with van der Waals surface area (Å²) in [4.78, 5) is 25.3. The fourth-order valence-corrected chi connectivity index (χ4v) is 2.37. The average Bonchev–Trinajstić information content (AvgIpc) is 2.85. The summed E-state index contributed by atoms with van der Waals surface area (Å²) in [5.41, 5.74) is 0. The van der Waals surface area contributed by atoms with Gasteiger partial charge in [0.2, 0.25) is 0 Å². The molecule has 0 fully saturated rings. The lowest BCUT2D eigenvalue weighted by molar-refractivity contribution is -0.139. The van der Waals surface area contributed by atoms with Crippen LogP contribution in [0.15, 0.2) is 17.5 Å². The second-order valence-corrected chi connectivity index (χ2v) is 4.80. The first-order valence-electron chi connectivity index (χ1n) is 5.91. The Hall–Kier alpha value is -1.56. The van der Waals surface area contributed by atoms with E-state index in [1.54, 1.807) is 22.4 Å². The van der Waals surface area contributed by atoms with Gasteiger partial charge in [0.25, 0.3) is 0 Å². The highest BCUT2D eigenvalue weighted by Gasteiger charge is 2.24. The van der Waals surface area contributed by atoms with Crippen LogP contribution in [-0.4, -0.2) is 35.1 Å². The first kappa shape index (κ1) is 14.5. The zero-order valence-corrected chi connectivity index (χ0v) is 11.4. The van der Waals surface area contributed by atoms with Gasteiger partial charge in [-0.15, -0.1) is 11.3 Å². The minimum Gasteiger partial charge on any atom is -0.479 e. The number of nitrogens with zero attached hydrogens (tertiary/aromatic N) is 1. The first-order chi connectivity index (χ1) is 8.60. The van der Waals surface area contributed by atoms with Crippen molar-refractivity contribution in [3.8, 4) is 0 Å². The number of hydrogen-bond acceptors (Lipinski definition) is 3. The van der Waals surface area contributed by atoms with Crippen LogP contribution >= 0.6 is 11.3 Å². The van der Waals surface area contributed by atoms with Crippen LogP contribution in [0, 0.1) is 0 Å². The molecule has 1 aromatic heterocycles. The van der Waals surface area contributed by atoms with Gasteiger partial charge < -0.3 is 15.3 Å². The van der Waals surface area contributed by atoms with Crippen LogP contribution in [0.2, 0.25) is 0 Å². The molecular formula is C12H18N2O3S. The monoisotopic (exact) mass is 270 g/mol. The quantitative estimate of drug-likeness (QED) is 0.833. The Kier molecular flexibility index (Phi) is 5.64. The second-order valence-electron chi connectivity index (χ2n) is 3.82. The molecule has 100 valence electrons. The Bertz CT molecular complexity index is 392. The van der Waals surface area contributed by atoms with E-state index in [1.165, 1.54) is 11.3 Å². The molecule has 5 nitrogen and oxygen atoms in total. The standard InChI is InChI=1S/C12H18N2O3S/c1-3-7-14(4-2)12(17)13-10(11(15)16)9-6-5-8-18-9/h5-6,8,10H,3-4,7H2,1-2H3,(H,13,17)(H,15,16). The number of nitrogens with one attached hydrogen (secondary N) is 1. The van der Waals surface area contributed by atoms with Crippen LogP contribution in [0.25, 0.3) is 0 Å². The highest BCUT2D eigenvalue weighted by atomic mass is 32.1. The number of thiophene rings is 1. The lowest BCUT2D eigenvalue weighted by atomic mass is 10.2. The molecule has 1 atom stereocenters. The molecule has 0 bridgehead atoms. The molecule has 0 radical (unpaired) electrons. The van der Waals surface area contributed by atoms with Gasteiger partial charge >= 0.3 is 12.0 Å². The molecule has 0 aromatic carbocycles. The first-order valence-corrected chi connectivity index (χ1v) is 6.79. The SMILES string of the molecule is CCCN(CC)C(=O)NC(C(=O)O)c1cccs1. The molecule has 6 heteroatoms. The van der Waals surface area contributed by atoms with Gasteiger partial charge in [-0.1, -0.05) is 13.0 Å². The molecule has 0 saturated carbocycles. The van der Waals surface area contributed by atoms with E-state index < -0.39 is 12.0 Å². The van der Waals surface area contributed by atoms with E-state index in [9.17, 15) is 9.59 Å². The van der Waals surface area contributed by atoms with Crippen molar-refractivity contribution in [2.24, 2.45) is 0 Å². The number of carbonyl (C=O) groups excluding carboxylic acids is 1. The molecule has 0 saturated heterocycles. The van der Waals surface area contributed by atoms with Gasteiger partial charge in [0.05, 0.1) is 0 Å². The third kappa shape index (κ3) is 3.73. The van der Waals surface area contributed by atoms with Crippen molar-refractivity contribution in [1.82, 2.24) is 10.2 Å². The Morgan fingerprint density at radius 3 is 2.67 bits per heavy atom. The van der Waals surface area contributed by atoms with E-state index in [0.717, 1.165) is 6.42 Å². The predicted molar refractivity (Wildman–Crippen MR) is 70.8 cm³/mol. The van der Waals surface area contributed by atoms with Crippen molar-refractivity contribution in [3.05, 3.63) is 22.4 Å². The number of carbonyl (C=O) groups is 2. The summed E-state index contributed by atoms with van der Waals surface area (Å²) in [5, 5.41) is 13.5. The predicted octanol–water partition coefficient (Wildman–Crippen LogP) is 2.32. The number of carboxylic acids is 1. The molecular weight excluding hydrogens is 252 g/mol. The molecule has 18 heavy (non-hydrogen) atoms. The smallest absolute Gasteiger partial charge is 0.331 e. The summed E-state index contributed by atoms with van der Waals surface area (Å²) in [6.45, 7) is 5.04. The number of hydrogen-bond donors (Lipinski definition) is 2. The second kappa shape index (κ2) is 7.00. The van der Waals surface area contributed by atoms with Crippen LogP contribution in [0.3, 0.4) is 0 Å². The highest BCUT2D eigenvalue weighted by molar-refractivity contribution is 7.10. The van der Waals surface area contributed by atoms with Gasteiger partial charge in [0, 0.05) is 18.0 Å². The van der Waals surface area contributed by atoms with E-state index in [0.29, 0.717) is 18.0 Å². The van der Waals surface area contributed by atoms with Crippen LogP contribution < -0.4 is 5.32 Å². The Morgan fingerprint density at radius 1 is 1.50 bits per heavy atom. The van der Waals surface area contributed by atoms with Crippen molar-refractivity contribution in [2.75, 3.05) is 13.1 Å². The van der Waals surface area contributed by atoms with Gasteiger partial charge in [0.1, 0.15) is 0 Å². The average molecular weight is 270 g/mol. The van der Waals surface area contributed by atoms with E-state index in [1.807, 2.05) is 13.8 Å². The number of aliphatic carboxylic acids is 1. The zero-order valence-electron chi connectivity index (χ0n) is 10.5. The van der Waals surface area contributed by atoms with Gasteiger partial charge in [-0.3, -0.25) is 0 Å². The fraction of sp³-hybridized carbons (Fsp3) is 0.500. The maximum atomic E-state index is 11.9. The molecule has 0 spiro atoms.